The van der Waals surface area contributed by atoms with Crippen LogP contribution in [0.15, 0.2) is 72.2 Å². The summed E-state index contributed by atoms with van der Waals surface area (Å²) in [6.45, 7) is 3.62. The first-order valence-corrected chi connectivity index (χ1v) is 14.3. The van der Waals surface area contributed by atoms with Crippen LogP contribution in [0.25, 0.3) is 17.1 Å². The highest BCUT2D eigenvalue weighted by Crippen LogP contribution is 2.32. The highest BCUT2D eigenvalue weighted by Gasteiger charge is 2.36. The van der Waals surface area contributed by atoms with Gasteiger partial charge in [0.15, 0.2) is 11.6 Å². The first-order valence-electron chi connectivity index (χ1n) is 13.5. The lowest BCUT2D eigenvalue weighted by Gasteiger charge is -2.21. The third-order valence-electron chi connectivity index (χ3n) is 7.43. The number of halogens is 2. The van der Waals surface area contributed by atoms with Crippen molar-refractivity contribution in [3.8, 4) is 17.1 Å². The number of amides is 2. The lowest BCUT2D eigenvalue weighted by molar-refractivity contribution is 0.247. The fraction of sp³-hybridized carbons (Fsp3) is 0.276. The number of hydrazine groups is 1. The Labute approximate surface area is 246 Å². The molecule has 0 unspecified atom stereocenters. The van der Waals surface area contributed by atoms with Gasteiger partial charge in [0.05, 0.1) is 18.1 Å². The van der Waals surface area contributed by atoms with Gasteiger partial charge in [-0.1, -0.05) is 24.3 Å². The van der Waals surface area contributed by atoms with Crippen LogP contribution >= 0.6 is 11.9 Å². The van der Waals surface area contributed by atoms with Crippen LogP contribution in [0.1, 0.15) is 17.0 Å². The molecule has 0 bridgehead atoms. The number of nitrogens with one attached hydrogen (secondary N) is 3. The predicted molar refractivity (Wildman–Crippen MR) is 159 cm³/mol. The van der Waals surface area contributed by atoms with E-state index in [1.165, 1.54) is 6.07 Å². The normalized spacial score (nSPS) is 19.1. The van der Waals surface area contributed by atoms with Crippen LogP contribution in [0, 0.1) is 18.6 Å². The third-order valence-corrected chi connectivity index (χ3v) is 8.23. The number of aryl methyl sites for hydroxylation is 1. The van der Waals surface area contributed by atoms with E-state index in [-0.39, 0.29) is 12.0 Å². The van der Waals surface area contributed by atoms with Crippen molar-refractivity contribution >= 4 is 23.8 Å². The first-order chi connectivity index (χ1) is 20.2. The Balaban J connectivity index is 1.26. The molecule has 13 heteroatoms. The number of hydrogen-bond donors (Lipinski definition) is 3. The van der Waals surface area contributed by atoms with E-state index in [1.54, 1.807) is 29.0 Å². The number of nitrogens with zero attached hydrogens (tertiary/aromatic N) is 6. The highest BCUT2D eigenvalue weighted by atomic mass is 32.2. The van der Waals surface area contributed by atoms with Crippen molar-refractivity contribution in [2.24, 2.45) is 7.05 Å². The molecule has 2 aliphatic heterocycles. The molecule has 218 valence electrons. The number of likely N-dealkylation sites (tertiary alicyclic amines) is 1. The summed E-state index contributed by atoms with van der Waals surface area (Å²) in [6.07, 6.45) is 3.58. The Hall–Kier alpha value is -4.20. The summed E-state index contributed by atoms with van der Waals surface area (Å²) in [7, 11) is 3.82. The van der Waals surface area contributed by atoms with E-state index in [0.29, 0.717) is 42.4 Å². The van der Waals surface area contributed by atoms with Crippen molar-refractivity contribution < 1.29 is 13.6 Å². The van der Waals surface area contributed by atoms with Gasteiger partial charge in [-0.2, -0.15) is 9.51 Å². The monoisotopic (exact) mass is 591 g/mol. The van der Waals surface area contributed by atoms with Gasteiger partial charge in [0.1, 0.15) is 17.2 Å². The molecule has 4 heterocycles. The molecule has 0 aliphatic carbocycles. The topological polar surface area (TPSA) is 95.3 Å². The Bertz CT molecular complexity index is 1640. The molecular weight excluding hydrogens is 560 g/mol. The van der Waals surface area contributed by atoms with E-state index in [0.717, 1.165) is 23.0 Å². The van der Waals surface area contributed by atoms with Gasteiger partial charge < -0.3 is 15.3 Å². The molecule has 1 fully saturated rings. The fourth-order valence-corrected chi connectivity index (χ4v) is 6.02. The zero-order valence-electron chi connectivity index (χ0n) is 23.4. The van der Waals surface area contributed by atoms with Crippen molar-refractivity contribution in [1.29, 1.82) is 0 Å². The number of para-hydroxylation sites is 1. The number of carbonyl (C=O) groups is 1. The number of benzene rings is 2. The number of hydrogen-bond acceptors (Lipinski definition) is 7. The summed E-state index contributed by atoms with van der Waals surface area (Å²) >= 11 is 1.55. The zero-order valence-corrected chi connectivity index (χ0v) is 24.2. The second-order valence-electron chi connectivity index (χ2n) is 10.5. The highest BCUT2D eigenvalue weighted by molar-refractivity contribution is 8.00. The van der Waals surface area contributed by atoms with Gasteiger partial charge in [0, 0.05) is 62.5 Å². The van der Waals surface area contributed by atoms with Crippen LogP contribution in [0.5, 0.6) is 0 Å². The number of urea groups is 1. The van der Waals surface area contributed by atoms with Gasteiger partial charge in [-0.3, -0.25) is 10.2 Å². The summed E-state index contributed by atoms with van der Waals surface area (Å²) in [4.78, 5) is 20.2. The Morgan fingerprint density at radius 1 is 1.12 bits per heavy atom. The van der Waals surface area contributed by atoms with Crippen LogP contribution in [0.4, 0.5) is 19.4 Å². The maximum absolute atomic E-state index is 14.2. The Morgan fingerprint density at radius 2 is 1.93 bits per heavy atom. The lowest BCUT2D eigenvalue weighted by atomic mass is 9.94. The van der Waals surface area contributed by atoms with Gasteiger partial charge >= 0.3 is 6.03 Å². The van der Waals surface area contributed by atoms with Crippen LogP contribution in [-0.2, 0) is 7.05 Å². The molecule has 3 N–H and O–H groups in total. The van der Waals surface area contributed by atoms with Crippen LogP contribution in [0.3, 0.4) is 0 Å². The third kappa shape index (κ3) is 5.75. The van der Waals surface area contributed by atoms with Crippen molar-refractivity contribution in [3.63, 3.8) is 0 Å². The summed E-state index contributed by atoms with van der Waals surface area (Å²) in [5.74, 6) is -1.54. The molecule has 2 atom stereocenters. The predicted octanol–water partition coefficient (Wildman–Crippen LogP) is 4.39. The summed E-state index contributed by atoms with van der Waals surface area (Å²) in [5.41, 5.74) is 7.82. The SMILES string of the molecule is Cc1c(-c2cn(C)cn2)nn(-c2ccccc2)c1NC(=O)N[C@@H]1CN(CC2=CSN(C)N2)C[C@H]1c1ccc(F)c(F)c1. The van der Waals surface area contributed by atoms with Crippen molar-refractivity contribution in [3.05, 3.63) is 94.9 Å². The molecule has 2 aliphatic rings. The molecule has 6 rings (SSSR count). The van der Waals surface area contributed by atoms with Gasteiger partial charge in [-0.05, 0) is 48.7 Å². The van der Waals surface area contributed by atoms with E-state index < -0.39 is 17.7 Å². The minimum absolute atomic E-state index is 0.248. The van der Waals surface area contributed by atoms with Gasteiger partial charge in [0.25, 0.3) is 0 Å². The molecular formula is C29H31F2N9OS. The van der Waals surface area contributed by atoms with E-state index in [4.69, 9.17) is 5.10 Å². The van der Waals surface area contributed by atoms with E-state index in [2.05, 4.69) is 25.9 Å². The second kappa shape index (κ2) is 11.6. The average Bonchev–Trinajstić information content (AvgIpc) is 3.75. The Morgan fingerprint density at radius 3 is 2.62 bits per heavy atom. The second-order valence-corrected chi connectivity index (χ2v) is 11.5. The molecule has 1 saturated heterocycles. The minimum atomic E-state index is -0.906. The molecule has 42 heavy (non-hydrogen) atoms. The maximum Gasteiger partial charge on any atom is 0.320 e. The number of aromatic nitrogens is 4. The van der Waals surface area contributed by atoms with Gasteiger partial charge in [-0.15, -0.1) is 0 Å². The smallest absolute Gasteiger partial charge is 0.320 e. The molecule has 10 nitrogen and oxygen atoms in total. The number of imidazole rings is 1. The van der Waals surface area contributed by atoms with Crippen molar-refractivity contribution in [2.45, 2.75) is 18.9 Å². The van der Waals surface area contributed by atoms with Crippen molar-refractivity contribution in [2.75, 3.05) is 32.0 Å². The molecule has 4 aromatic rings. The first kappa shape index (κ1) is 27.9. The van der Waals surface area contributed by atoms with Crippen LogP contribution in [0.2, 0.25) is 0 Å². The molecule has 0 radical (unpaired) electrons. The summed E-state index contributed by atoms with van der Waals surface area (Å²) in [6, 6.07) is 12.7. The zero-order chi connectivity index (χ0) is 29.4. The van der Waals surface area contributed by atoms with E-state index >= 15 is 0 Å². The van der Waals surface area contributed by atoms with Crippen LogP contribution in [-0.4, -0.2) is 67.4 Å². The Kier molecular flexibility index (Phi) is 7.71. The van der Waals surface area contributed by atoms with E-state index in [1.807, 2.05) is 71.9 Å². The molecule has 2 aromatic carbocycles. The molecule has 2 amide bonds. The lowest BCUT2D eigenvalue weighted by Crippen LogP contribution is -2.42. The van der Waals surface area contributed by atoms with E-state index in [9.17, 15) is 13.6 Å². The van der Waals surface area contributed by atoms with Crippen molar-refractivity contribution in [1.82, 2.24) is 39.4 Å². The number of anilines is 1. The minimum Gasteiger partial charge on any atom is -0.340 e. The standard InChI is InChI=1S/C29H31F2N9OS/c1-18-27(26-14-37(2)17-32-26)36-40(21-7-5-4-6-8-21)28(18)34-29(41)33-25-15-39(12-20-16-42-38(3)35-20)13-22(25)19-9-10-23(30)24(31)11-19/h4-11,14,16-17,22,25,35H,12-13,15H2,1-3H3,(H2,33,34,41)/t22-,25+/m0/s1. The number of carbonyl (C=O) groups excluding carboxylic acids is 1. The van der Waals surface area contributed by atoms with Crippen LogP contribution < -0.4 is 16.1 Å². The maximum atomic E-state index is 14.2. The summed E-state index contributed by atoms with van der Waals surface area (Å²) < 4.78 is 33.4. The van der Waals surface area contributed by atoms with Gasteiger partial charge in [-0.25, -0.2) is 23.2 Å². The van der Waals surface area contributed by atoms with Gasteiger partial charge in [0.2, 0.25) is 0 Å². The fourth-order valence-electron chi connectivity index (χ4n) is 5.44. The quantitative estimate of drug-likeness (QED) is 0.275. The molecule has 2 aromatic heterocycles. The number of rotatable bonds is 7. The largest absolute Gasteiger partial charge is 0.340 e. The average molecular weight is 592 g/mol. The summed E-state index contributed by atoms with van der Waals surface area (Å²) in [5, 5.41) is 13.0. The molecule has 0 saturated carbocycles. The molecule has 0 spiro atoms.